The summed E-state index contributed by atoms with van der Waals surface area (Å²) >= 11 is 0. The Kier molecular flexibility index (Phi) is 6.66. The summed E-state index contributed by atoms with van der Waals surface area (Å²) in [6.07, 6.45) is 3.89. The molecule has 1 heterocycles. The molecule has 148 valence electrons. The molecule has 0 aliphatic carbocycles. The third-order valence-corrected chi connectivity index (χ3v) is 5.19. The summed E-state index contributed by atoms with van der Waals surface area (Å²) < 4.78 is 0. The van der Waals surface area contributed by atoms with Crippen molar-refractivity contribution >= 4 is 17.6 Å². The first-order valence-corrected chi connectivity index (χ1v) is 9.78. The topological polar surface area (TPSA) is 87.5 Å². The summed E-state index contributed by atoms with van der Waals surface area (Å²) in [7, 11) is 0. The van der Waals surface area contributed by atoms with Gasteiger partial charge in [-0.1, -0.05) is 36.8 Å². The van der Waals surface area contributed by atoms with Gasteiger partial charge in [0.05, 0.1) is 0 Å². The molecule has 1 saturated heterocycles. The Bertz CT molecular complexity index is 820. The standard InChI is InChI=1S/C22H28N4O2/c1-16-5-2-3-12-26(16)15-18-10-8-17(9-11-18)14-24-21(27)19-6-4-7-20(13-19)25-22(23)28/h4,6-11,13,16H,2-3,5,12,14-15H2,1H3,(H,24,27)(H3,23,25,28). The van der Waals surface area contributed by atoms with E-state index in [1.807, 2.05) is 0 Å². The number of amides is 3. The number of urea groups is 1. The van der Waals surface area contributed by atoms with Crippen LogP contribution in [0.4, 0.5) is 10.5 Å². The quantitative estimate of drug-likeness (QED) is 0.717. The van der Waals surface area contributed by atoms with Gasteiger partial charge in [0.2, 0.25) is 0 Å². The van der Waals surface area contributed by atoms with Crippen LogP contribution in [-0.4, -0.2) is 29.4 Å². The van der Waals surface area contributed by atoms with Crippen LogP contribution in [0.5, 0.6) is 0 Å². The molecule has 0 aromatic heterocycles. The van der Waals surface area contributed by atoms with Crippen LogP contribution < -0.4 is 16.4 Å². The lowest BCUT2D eigenvalue weighted by Gasteiger charge is -2.33. The van der Waals surface area contributed by atoms with Gasteiger partial charge < -0.3 is 16.4 Å². The second-order valence-corrected chi connectivity index (χ2v) is 7.38. The van der Waals surface area contributed by atoms with E-state index in [1.54, 1.807) is 24.3 Å². The van der Waals surface area contributed by atoms with E-state index >= 15 is 0 Å². The highest BCUT2D eigenvalue weighted by molar-refractivity contribution is 5.96. The highest BCUT2D eigenvalue weighted by atomic mass is 16.2. The molecule has 28 heavy (non-hydrogen) atoms. The fourth-order valence-electron chi connectivity index (χ4n) is 3.55. The number of likely N-dealkylation sites (tertiary alicyclic amines) is 1. The molecule has 3 amide bonds. The van der Waals surface area contributed by atoms with Crippen LogP contribution in [0, 0.1) is 0 Å². The Hall–Kier alpha value is -2.86. The van der Waals surface area contributed by atoms with Crippen molar-refractivity contribution in [2.24, 2.45) is 5.73 Å². The lowest BCUT2D eigenvalue weighted by atomic mass is 10.0. The number of nitrogens with one attached hydrogen (secondary N) is 2. The third kappa shape index (κ3) is 5.57. The van der Waals surface area contributed by atoms with E-state index in [4.69, 9.17) is 5.73 Å². The Balaban J connectivity index is 1.53. The van der Waals surface area contributed by atoms with Crippen molar-refractivity contribution in [1.82, 2.24) is 10.2 Å². The van der Waals surface area contributed by atoms with Gasteiger partial charge >= 0.3 is 6.03 Å². The van der Waals surface area contributed by atoms with Crippen LogP contribution in [0.3, 0.4) is 0 Å². The Morgan fingerprint density at radius 1 is 1.11 bits per heavy atom. The zero-order chi connectivity index (χ0) is 19.9. The van der Waals surface area contributed by atoms with E-state index in [1.165, 1.54) is 31.4 Å². The second kappa shape index (κ2) is 9.37. The maximum atomic E-state index is 12.4. The number of benzene rings is 2. The van der Waals surface area contributed by atoms with E-state index in [9.17, 15) is 9.59 Å². The number of piperidine rings is 1. The fourth-order valence-corrected chi connectivity index (χ4v) is 3.55. The van der Waals surface area contributed by atoms with Crippen molar-refractivity contribution in [2.45, 2.75) is 45.3 Å². The molecule has 0 bridgehead atoms. The Morgan fingerprint density at radius 3 is 2.57 bits per heavy atom. The maximum Gasteiger partial charge on any atom is 0.316 e. The van der Waals surface area contributed by atoms with Crippen molar-refractivity contribution in [2.75, 3.05) is 11.9 Å². The smallest absolute Gasteiger partial charge is 0.316 e. The highest BCUT2D eigenvalue weighted by Crippen LogP contribution is 2.19. The molecule has 1 aliphatic heterocycles. The van der Waals surface area contributed by atoms with Gasteiger partial charge in [-0.2, -0.15) is 0 Å². The van der Waals surface area contributed by atoms with Crippen LogP contribution in [0.15, 0.2) is 48.5 Å². The molecule has 3 rings (SSSR count). The number of hydrogen-bond acceptors (Lipinski definition) is 3. The fraction of sp³-hybridized carbons (Fsp3) is 0.364. The van der Waals surface area contributed by atoms with Crippen LogP contribution in [0.25, 0.3) is 0 Å². The lowest BCUT2D eigenvalue weighted by molar-refractivity contribution is 0.0951. The van der Waals surface area contributed by atoms with Gasteiger partial charge in [-0.15, -0.1) is 0 Å². The van der Waals surface area contributed by atoms with Crippen LogP contribution in [0.1, 0.15) is 47.7 Å². The van der Waals surface area contributed by atoms with Crippen molar-refractivity contribution in [3.8, 4) is 0 Å². The first-order valence-electron chi connectivity index (χ1n) is 9.78. The Labute approximate surface area is 166 Å². The minimum Gasteiger partial charge on any atom is -0.351 e. The predicted molar refractivity (Wildman–Crippen MR) is 111 cm³/mol. The van der Waals surface area contributed by atoms with Crippen LogP contribution in [0.2, 0.25) is 0 Å². The summed E-state index contributed by atoms with van der Waals surface area (Å²) in [5, 5.41) is 5.38. The van der Waals surface area contributed by atoms with Gasteiger partial charge in [-0.3, -0.25) is 9.69 Å². The number of carbonyl (C=O) groups is 2. The number of nitrogens with zero attached hydrogens (tertiary/aromatic N) is 1. The first kappa shape index (κ1) is 19.9. The number of nitrogens with two attached hydrogens (primary N) is 1. The van der Waals surface area contributed by atoms with Gasteiger partial charge in [0, 0.05) is 30.4 Å². The molecular formula is C22H28N4O2. The third-order valence-electron chi connectivity index (χ3n) is 5.19. The number of rotatable bonds is 6. The van der Waals surface area contributed by atoms with E-state index in [-0.39, 0.29) is 5.91 Å². The van der Waals surface area contributed by atoms with Crippen molar-refractivity contribution < 1.29 is 9.59 Å². The summed E-state index contributed by atoms with van der Waals surface area (Å²) in [6, 6.07) is 15.1. The van der Waals surface area contributed by atoms with Crippen molar-refractivity contribution in [3.05, 3.63) is 65.2 Å². The molecule has 0 radical (unpaired) electrons. The highest BCUT2D eigenvalue weighted by Gasteiger charge is 2.18. The lowest BCUT2D eigenvalue weighted by Crippen LogP contribution is -2.36. The molecule has 1 atom stereocenters. The molecule has 2 aromatic rings. The minimum atomic E-state index is -0.656. The summed E-state index contributed by atoms with van der Waals surface area (Å²) in [5.41, 5.74) is 8.43. The molecule has 4 N–H and O–H groups in total. The number of anilines is 1. The molecule has 1 aliphatic rings. The molecule has 6 nitrogen and oxygen atoms in total. The van der Waals surface area contributed by atoms with E-state index < -0.39 is 6.03 Å². The summed E-state index contributed by atoms with van der Waals surface area (Å²) in [6.45, 7) is 4.90. The predicted octanol–water partition coefficient (Wildman–Crippen LogP) is 3.48. The SMILES string of the molecule is CC1CCCCN1Cc1ccc(CNC(=O)c2cccc(NC(N)=O)c2)cc1. The van der Waals surface area contributed by atoms with Crippen molar-refractivity contribution in [3.63, 3.8) is 0 Å². The van der Waals surface area contributed by atoms with E-state index in [0.29, 0.717) is 23.8 Å². The van der Waals surface area contributed by atoms with Gasteiger partial charge in [0.25, 0.3) is 5.91 Å². The normalized spacial score (nSPS) is 17.1. The molecule has 1 unspecified atom stereocenters. The molecule has 1 fully saturated rings. The van der Waals surface area contributed by atoms with Crippen LogP contribution in [-0.2, 0) is 13.1 Å². The second-order valence-electron chi connectivity index (χ2n) is 7.38. The first-order chi connectivity index (χ1) is 13.5. The van der Waals surface area contributed by atoms with Gasteiger partial charge in [0.15, 0.2) is 0 Å². The molecule has 0 saturated carbocycles. The number of primary amides is 1. The summed E-state index contributed by atoms with van der Waals surface area (Å²) in [5.74, 6) is -0.195. The number of hydrogen-bond donors (Lipinski definition) is 3. The van der Waals surface area contributed by atoms with E-state index in [2.05, 4.69) is 46.7 Å². The average Bonchev–Trinajstić information content (AvgIpc) is 2.68. The minimum absolute atomic E-state index is 0.195. The number of carbonyl (C=O) groups excluding carboxylic acids is 2. The largest absolute Gasteiger partial charge is 0.351 e. The summed E-state index contributed by atoms with van der Waals surface area (Å²) in [4.78, 5) is 25.8. The van der Waals surface area contributed by atoms with Crippen LogP contribution >= 0.6 is 0 Å². The Morgan fingerprint density at radius 2 is 1.86 bits per heavy atom. The molecule has 6 heteroatoms. The monoisotopic (exact) mass is 380 g/mol. The maximum absolute atomic E-state index is 12.4. The average molecular weight is 380 g/mol. The van der Waals surface area contributed by atoms with Crippen molar-refractivity contribution in [1.29, 1.82) is 0 Å². The molecule has 0 spiro atoms. The van der Waals surface area contributed by atoms with E-state index in [0.717, 1.165) is 12.1 Å². The van der Waals surface area contributed by atoms with Gasteiger partial charge in [-0.25, -0.2) is 4.79 Å². The van der Waals surface area contributed by atoms with Gasteiger partial charge in [-0.05, 0) is 55.6 Å². The zero-order valence-corrected chi connectivity index (χ0v) is 16.3. The molecular weight excluding hydrogens is 352 g/mol. The zero-order valence-electron chi connectivity index (χ0n) is 16.3. The van der Waals surface area contributed by atoms with Gasteiger partial charge in [0.1, 0.15) is 0 Å². The molecule has 2 aromatic carbocycles.